The lowest BCUT2D eigenvalue weighted by Crippen LogP contribution is -2.17. The van der Waals surface area contributed by atoms with Crippen molar-refractivity contribution < 1.29 is 10.2 Å². The molecule has 0 aliphatic carbocycles. The Bertz CT molecular complexity index is 987. The van der Waals surface area contributed by atoms with E-state index < -0.39 is 5.69 Å². The van der Waals surface area contributed by atoms with Gasteiger partial charge < -0.3 is 15.1 Å². The van der Waals surface area contributed by atoms with Crippen molar-refractivity contribution in [1.82, 2.24) is 19.7 Å². The molecule has 0 radical (unpaired) electrons. The molecule has 0 unspecified atom stereocenters. The van der Waals surface area contributed by atoms with Crippen LogP contribution in [0.4, 0.5) is 5.82 Å². The van der Waals surface area contributed by atoms with Crippen LogP contribution in [-0.2, 0) is 0 Å². The monoisotopic (exact) mass is 355 g/mol. The zero-order valence-electron chi connectivity index (χ0n) is 15.1. The Morgan fingerprint density at radius 3 is 2.46 bits per heavy atom. The largest absolute Gasteiger partial charge is 0.508 e. The zero-order chi connectivity index (χ0) is 19.0. The fraction of sp³-hybridized carbons (Fsp3) is 0.278. The maximum absolute atomic E-state index is 12.3. The molecule has 0 spiro atoms. The number of pyridine rings is 1. The van der Waals surface area contributed by atoms with Crippen molar-refractivity contribution in [2.24, 2.45) is 0 Å². The van der Waals surface area contributed by atoms with E-state index in [1.165, 1.54) is 10.6 Å². The number of aromatic hydroxyl groups is 2. The van der Waals surface area contributed by atoms with Gasteiger partial charge in [0.05, 0.1) is 17.4 Å². The average molecular weight is 355 g/mol. The number of H-pyrrole nitrogens is 1. The van der Waals surface area contributed by atoms with Crippen LogP contribution in [0.3, 0.4) is 0 Å². The number of nitrogens with zero attached hydrogens (tertiary/aromatic N) is 4. The molecule has 3 N–H and O–H groups in total. The van der Waals surface area contributed by atoms with Crippen LogP contribution in [0.15, 0.2) is 35.3 Å². The Morgan fingerprint density at radius 1 is 1.15 bits per heavy atom. The molecule has 0 saturated heterocycles. The fourth-order valence-corrected chi connectivity index (χ4v) is 2.73. The van der Waals surface area contributed by atoms with Crippen molar-refractivity contribution in [3.05, 3.63) is 46.5 Å². The van der Waals surface area contributed by atoms with Crippen LogP contribution in [0.25, 0.3) is 17.1 Å². The van der Waals surface area contributed by atoms with E-state index in [9.17, 15) is 15.0 Å². The van der Waals surface area contributed by atoms with E-state index in [1.807, 2.05) is 32.8 Å². The van der Waals surface area contributed by atoms with Gasteiger partial charge in [0.25, 0.3) is 0 Å². The summed E-state index contributed by atoms with van der Waals surface area (Å²) in [6, 6.07) is 6.45. The Labute approximate surface area is 150 Å². The van der Waals surface area contributed by atoms with Gasteiger partial charge in [0.1, 0.15) is 17.3 Å². The molecule has 0 amide bonds. The highest BCUT2D eigenvalue weighted by molar-refractivity contribution is 5.69. The number of nitrogens with one attached hydrogen (secondary N) is 1. The quantitative estimate of drug-likeness (QED) is 0.662. The Hall–Kier alpha value is -3.29. The summed E-state index contributed by atoms with van der Waals surface area (Å²) < 4.78 is 1.34. The first-order valence-corrected chi connectivity index (χ1v) is 8.17. The minimum Gasteiger partial charge on any atom is -0.508 e. The molecule has 3 rings (SSSR count). The van der Waals surface area contributed by atoms with Gasteiger partial charge in [0.2, 0.25) is 0 Å². The normalized spacial score (nSPS) is 11.1. The van der Waals surface area contributed by atoms with E-state index in [0.29, 0.717) is 16.8 Å². The van der Waals surface area contributed by atoms with E-state index >= 15 is 0 Å². The molecule has 0 aliphatic heterocycles. The SMILES string of the molecule is CC(C)c1cc(-c2n[nH]c(=O)n2-c2ccc(N(C)C)nc2)c(O)cc1O. The highest BCUT2D eigenvalue weighted by Crippen LogP contribution is 2.37. The lowest BCUT2D eigenvalue weighted by molar-refractivity contribution is 0.444. The molecule has 3 aromatic rings. The van der Waals surface area contributed by atoms with E-state index in [4.69, 9.17) is 0 Å². The van der Waals surface area contributed by atoms with Crippen LogP contribution >= 0.6 is 0 Å². The molecule has 8 heteroatoms. The highest BCUT2D eigenvalue weighted by Gasteiger charge is 2.19. The summed E-state index contributed by atoms with van der Waals surface area (Å²) in [5.74, 6) is 0.873. The number of phenolic OH excluding ortho intramolecular Hbond substituents is 2. The molecule has 0 saturated carbocycles. The van der Waals surface area contributed by atoms with Gasteiger partial charge in [-0.1, -0.05) is 13.8 Å². The molecule has 26 heavy (non-hydrogen) atoms. The summed E-state index contributed by atoms with van der Waals surface area (Å²) >= 11 is 0. The van der Waals surface area contributed by atoms with Gasteiger partial charge in [-0.05, 0) is 29.7 Å². The van der Waals surface area contributed by atoms with Gasteiger partial charge in [-0.25, -0.2) is 19.4 Å². The number of anilines is 1. The smallest absolute Gasteiger partial charge is 0.348 e. The lowest BCUT2D eigenvalue weighted by Gasteiger charge is -2.14. The molecule has 0 bridgehead atoms. The third-order valence-electron chi connectivity index (χ3n) is 4.13. The van der Waals surface area contributed by atoms with Gasteiger partial charge >= 0.3 is 5.69 Å². The molecule has 1 aromatic carbocycles. The van der Waals surface area contributed by atoms with Crippen LogP contribution in [-0.4, -0.2) is 44.1 Å². The second-order valence-corrected chi connectivity index (χ2v) is 6.54. The second-order valence-electron chi connectivity index (χ2n) is 6.54. The summed E-state index contributed by atoms with van der Waals surface area (Å²) in [5.41, 5.74) is 1.07. The van der Waals surface area contributed by atoms with Crippen LogP contribution < -0.4 is 10.6 Å². The summed E-state index contributed by atoms with van der Waals surface area (Å²) in [6.45, 7) is 3.86. The van der Waals surface area contributed by atoms with Crippen molar-refractivity contribution in [2.75, 3.05) is 19.0 Å². The molecule has 2 aromatic heterocycles. The predicted molar refractivity (Wildman–Crippen MR) is 99.2 cm³/mol. The number of hydrogen-bond donors (Lipinski definition) is 3. The van der Waals surface area contributed by atoms with Crippen molar-refractivity contribution in [3.8, 4) is 28.6 Å². The molecular weight excluding hydrogens is 334 g/mol. The van der Waals surface area contributed by atoms with Gasteiger partial charge in [0.15, 0.2) is 5.82 Å². The Balaban J connectivity index is 2.17. The van der Waals surface area contributed by atoms with Crippen LogP contribution in [0.1, 0.15) is 25.3 Å². The van der Waals surface area contributed by atoms with Crippen molar-refractivity contribution in [2.45, 2.75) is 19.8 Å². The Morgan fingerprint density at radius 2 is 1.88 bits per heavy atom. The van der Waals surface area contributed by atoms with Crippen molar-refractivity contribution in [1.29, 1.82) is 0 Å². The molecule has 136 valence electrons. The number of rotatable bonds is 4. The molecule has 0 aliphatic rings. The minimum atomic E-state index is -0.446. The van der Waals surface area contributed by atoms with E-state index in [0.717, 1.165) is 5.82 Å². The van der Waals surface area contributed by atoms with Crippen molar-refractivity contribution in [3.63, 3.8) is 0 Å². The average Bonchev–Trinajstić information content (AvgIpc) is 2.96. The fourth-order valence-electron chi connectivity index (χ4n) is 2.73. The zero-order valence-corrected chi connectivity index (χ0v) is 15.1. The molecule has 8 nitrogen and oxygen atoms in total. The minimum absolute atomic E-state index is 0.00249. The van der Waals surface area contributed by atoms with E-state index in [1.54, 1.807) is 24.4 Å². The van der Waals surface area contributed by atoms with E-state index in [2.05, 4.69) is 15.2 Å². The summed E-state index contributed by atoms with van der Waals surface area (Å²) in [5, 5.41) is 26.8. The van der Waals surface area contributed by atoms with Gasteiger partial charge in [-0.15, -0.1) is 0 Å². The summed E-state index contributed by atoms with van der Waals surface area (Å²) in [6.07, 6.45) is 1.57. The molecule has 2 heterocycles. The maximum atomic E-state index is 12.3. The first kappa shape index (κ1) is 17.5. The van der Waals surface area contributed by atoms with Gasteiger partial charge in [-0.3, -0.25) is 0 Å². The van der Waals surface area contributed by atoms with Crippen LogP contribution in [0.2, 0.25) is 0 Å². The van der Waals surface area contributed by atoms with Crippen LogP contribution in [0, 0.1) is 0 Å². The van der Waals surface area contributed by atoms with Gasteiger partial charge in [-0.2, -0.15) is 5.10 Å². The third-order valence-corrected chi connectivity index (χ3v) is 4.13. The Kier molecular flexibility index (Phi) is 4.41. The number of phenols is 2. The number of aromatic amines is 1. The highest BCUT2D eigenvalue weighted by atomic mass is 16.3. The molecule has 0 fully saturated rings. The second kappa shape index (κ2) is 6.55. The molecule has 0 atom stereocenters. The topological polar surface area (TPSA) is 107 Å². The van der Waals surface area contributed by atoms with Gasteiger partial charge in [0, 0.05) is 20.2 Å². The first-order valence-electron chi connectivity index (χ1n) is 8.17. The summed E-state index contributed by atoms with van der Waals surface area (Å²) in [7, 11) is 3.75. The summed E-state index contributed by atoms with van der Waals surface area (Å²) in [4.78, 5) is 18.5. The number of aromatic nitrogens is 4. The van der Waals surface area contributed by atoms with Crippen LogP contribution in [0.5, 0.6) is 11.5 Å². The maximum Gasteiger partial charge on any atom is 0.348 e. The standard InChI is InChI=1S/C18H21N5O3/c1-10(2)12-7-13(15(25)8-14(12)24)17-20-21-18(26)23(17)11-5-6-16(19-9-11)22(3)4/h5-10,24-25H,1-4H3,(H,21,26). The first-order chi connectivity index (χ1) is 12.3. The number of benzene rings is 1. The van der Waals surface area contributed by atoms with E-state index in [-0.39, 0.29) is 23.2 Å². The third kappa shape index (κ3) is 3.01. The predicted octanol–water partition coefficient (Wildman–Crippen LogP) is 2.22. The molecular formula is C18H21N5O3. The lowest BCUT2D eigenvalue weighted by atomic mass is 9.98. The van der Waals surface area contributed by atoms with Crippen molar-refractivity contribution >= 4 is 5.82 Å². The number of hydrogen-bond acceptors (Lipinski definition) is 6.